The highest BCUT2D eigenvalue weighted by molar-refractivity contribution is 5.80. The van der Waals surface area contributed by atoms with E-state index in [0.29, 0.717) is 5.91 Å². The largest absolute Gasteiger partial charge is 0.493 e. The fourth-order valence-electron chi connectivity index (χ4n) is 4.44. The Balaban J connectivity index is 1.25. The predicted molar refractivity (Wildman–Crippen MR) is 88.7 cm³/mol. The van der Waals surface area contributed by atoms with Gasteiger partial charge < -0.3 is 9.64 Å². The van der Waals surface area contributed by atoms with E-state index in [1.165, 1.54) is 11.3 Å². The lowest BCUT2D eigenvalue weighted by Crippen LogP contribution is -2.64. The number of likely N-dealkylation sites (tertiary alicyclic amines) is 1. The topological polar surface area (TPSA) is 47.4 Å². The molecule has 1 spiro atoms. The number of carbonyl (C=O) groups is 1. The monoisotopic (exact) mass is 323 g/mol. The van der Waals surface area contributed by atoms with Crippen molar-refractivity contribution < 1.29 is 9.53 Å². The number of hydrogen-bond acceptors (Lipinski definition) is 3. The first-order valence-corrected chi connectivity index (χ1v) is 8.73. The van der Waals surface area contributed by atoms with Gasteiger partial charge in [0.2, 0.25) is 5.91 Å². The number of aryl methyl sites for hydroxylation is 1. The Bertz CT molecular complexity index is 791. The number of nitrogens with zero attached hydrogens (tertiary/aromatic N) is 3. The summed E-state index contributed by atoms with van der Waals surface area (Å²) in [7, 11) is 0. The van der Waals surface area contributed by atoms with Crippen LogP contribution in [0.1, 0.15) is 17.7 Å². The number of para-hydroxylation sites is 1. The maximum absolute atomic E-state index is 12.8. The molecule has 1 atom stereocenters. The van der Waals surface area contributed by atoms with Crippen molar-refractivity contribution in [2.45, 2.75) is 25.8 Å². The molecule has 1 aromatic carbocycles. The van der Waals surface area contributed by atoms with Crippen molar-refractivity contribution in [1.82, 2.24) is 14.7 Å². The van der Waals surface area contributed by atoms with Crippen LogP contribution in [0.25, 0.3) is 0 Å². The number of rotatable bonds is 1. The van der Waals surface area contributed by atoms with E-state index in [-0.39, 0.29) is 11.3 Å². The molecule has 0 N–H and O–H groups in total. The maximum atomic E-state index is 12.8. The lowest BCUT2D eigenvalue weighted by atomic mass is 9.73. The van der Waals surface area contributed by atoms with Crippen molar-refractivity contribution in [1.29, 1.82) is 0 Å². The second-order valence-electron chi connectivity index (χ2n) is 7.50. The number of fused-ring (bicyclic) bond motifs is 2. The van der Waals surface area contributed by atoms with Gasteiger partial charge in [-0.05, 0) is 30.5 Å². The Labute approximate surface area is 141 Å². The molecular formula is C19H21N3O2. The molecular weight excluding hydrogens is 302 g/mol. The SMILES string of the molecule is O=C(C1CCn2nccc2C1)N1CC2(COc3ccccc3C2)C1. The standard InChI is InChI=1S/C19H21N3O2/c23-18(14-6-8-22-16(9-14)5-7-20-22)21-11-19(12-21)10-15-3-1-2-4-17(15)24-13-19/h1-5,7,14H,6,8-13H2. The van der Waals surface area contributed by atoms with Crippen molar-refractivity contribution in [3.63, 3.8) is 0 Å². The van der Waals surface area contributed by atoms with Gasteiger partial charge in [-0.15, -0.1) is 0 Å². The highest BCUT2D eigenvalue weighted by Crippen LogP contribution is 2.41. The summed E-state index contributed by atoms with van der Waals surface area (Å²) >= 11 is 0. The number of hydrogen-bond donors (Lipinski definition) is 0. The van der Waals surface area contributed by atoms with E-state index >= 15 is 0 Å². The summed E-state index contributed by atoms with van der Waals surface area (Å²) in [6.45, 7) is 3.24. The molecule has 0 radical (unpaired) electrons. The summed E-state index contributed by atoms with van der Waals surface area (Å²) in [5.41, 5.74) is 2.59. The third-order valence-electron chi connectivity index (χ3n) is 5.73. The number of benzene rings is 1. The van der Waals surface area contributed by atoms with Gasteiger partial charge >= 0.3 is 0 Å². The van der Waals surface area contributed by atoms with E-state index < -0.39 is 0 Å². The van der Waals surface area contributed by atoms with E-state index in [1.54, 1.807) is 0 Å². The number of carbonyl (C=O) groups excluding carboxylic acids is 1. The average Bonchev–Trinajstić information content (AvgIpc) is 3.06. The molecule has 2 aromatic rings. The van der Waals surface area contributed by atoms with E-state index in [2.05, 4.69) is 17.2 Å². The lowest BCUT2D eigenvalue weighted by molar-refractivity contribution is -0.151. The van der Waals surface area contributed by atoms with Crippen molar-refractivity contribution in [3.05, 3.63) is 47.8 Å². The van der Waals surface area contributed by atoms with E-state index in [0.717, 1.165) is 51.3 Å². The molecule has 4 heterocycles. The van der Waals surface area contributed by atoms with Crippen LogP contribution < -0.4 is 4.74 Å². The molecule has 3 aliphatic rings. The molecule has 0 aliphatic carbocycles. The van der Waals surface area contributed by atoms with E-state index in [1.807, 2.05) is 34.0 Å². The van der Waals surface area contributed by atoms with Crippen molar-refractivity contribution in [2.24, 2.45) is 11.3 Å². The highest BCUT2D eigenvalue weighted by Gasteiger charge is 2.49. The molecule has 24 heavy (non-hydrogen) atoms. The van der Waals surface area contributed by atoms with Gasteiger partial charge in [-0.3, -0.25) is 9.48 Å². The van der Waals surface area contributed by atoms with Gasteiger partial charge in [0, 0.05) is 49.3 Å². The Morgan fingerprint density at radius 3 is 3.04 bits per heavy atom. The van der Waals surface area contributed by atoms with Crippen LogP contribution >= 0.6 is 0 Å². The molecule has 0 bridgehead atoms. The van der Waals surface area contributed by atoms with Crippen LogP contribution in [-0.4, -0.2) is 40.3 Å². The minimum absolute atomic E-state index is 0.114. The van der Waals surface area contributed by atoms with Gasteiger partial charge in [0.25, 0.3) is 0 Å². The molecule has 1 saturated heterocycles. The normalized spacial score (nSPS) is 23.8. The fourth-order valence-corrected chi connectivity index (χ4v) is 4.44. The fraction of sp³-hybridized carbons (Fsp3) is 0.474. The molecule has 0 saturated carbocycles. The summed E-state index contributed by atoms with van der Waals surface area (Å²) in [4.78, 5) is 14.9. The lowest BCUT2D eigenvalue weighted by Gasteiger charge is -2.52. The minimum atomic E-state index is 0.114. The van der Waals surface area contributed by atoms with Crippen LogP contribution in [0.3, 0.4) is 0 Å². The molecule has 5 nitrogen and oxygen atoms in total. The van der Waals surface area contributed by atoms with Gasteiger partial charge in [0.05, 0.1) is 6.61 Å². The Morgan fingerprint density at radius 1 is 1.25 bits per heavy atom. The Hall–Kier alpha value is -2.30. The number of aromatic nitrogens is 2. The molecule has 5 rings (SSSR count). The zero-order chi connectivity index (χ0) is 16.1. The van der Waals surface area contributed by atoms with Crippen molar-refractivity contribution in [2.75, 3.05) is 19.7 Å². The molecule has 1 amide bonds. The van der Waals surface area contributed by atoms with E-state index in [9.17, 15) is 4.79 Å². The summed E-state index contributed by atoms with van der Waals surface area (Å²) < 4.78 is 7.96. The van der Waals surface area contributed by atoms with Crippen LogP contribution in [-0.2, 0) is 24.2 Å². The minimum Gasteiger partial charge on any atom is -0.493 e. The average molecular weight is 323 g/mol. The summed E-state index contributed by atoms with van der Waals surface area (Å²) in [5, 5.41) is 4.29. The van der Waals surface area contributed by atoms with Crippen LogP contribution in [0.4, 0.5) is 0 Å². The van der Waals surface area contributed by atoms with Crippen LogP contribution in [0.5, 0.6) is 5.75 Å². The van der Waals surface area contributed by atoms with Crippen molar-refractivity contribution >= 4 is 5.91 Å². The summed E-state index contributed by atoms with van der Waals surface area (Å²) in [6.07, 6.45) is 4.57. The van der Waals surface area contributed by atoms with E-state index in [4.69, 9.17) is 4.74 Å². The molecule has 124 valence electrons. The van der Waals surface area contributed by atoms with Gasteiger partial charge in [-0.2, -0.15) is 5.10 Å². The summed E-state index contributed by atoms with van der Waals surface area (Å²) in [5.74, 6) is 1.43. The Kier molecular flexibility index (Phi) is 2.99. The molecule has 1 fully saturated rings. The molecule has 1 aromatic heterocycles. The highest BCUT2D eigenvalue weighted by atomic mass is 16.5. The zero-order valence-electron chi connectivity index (χ0n) is 13.6. The van der Waals surface area contributed by atoms with Gasteiger partial charge in [0.1, 0.15) is 5.75 Å². The second-order valence-corrected chi connectivity index (χ2v) is 7.50. The predicted octanol–water partition coefficient (Wildman–Crippen LogP) is 1.91. The zero-order valence-corrected chi connectivity index (χ0v) is 13.6. The molecule has 3 aliphatic heterocycles. The van der Waals surface area contributed by atoms with Crippen LogP contribution in [0.2, 0.25) is 0 Å². The molecule has 5 heteroatoms. The van der Waals surface area contributed by atoms with Gasteiger partial charge in [0.15, 0.2) is 0 Å². The number of ether oxygens (including phenoxy) is 1. The first kappa shape index (κ1) is 14.1. The van der Waals surface area contributed by atoms with Crippen molar-refractivity contribution in [3.8, 4) is 5.75 Å². The Morgan fingerprint density at radius 2 is 2.12 bits per heavy atom. The maximum Gasteiger partial charge on any atom is 0.226 e. The third kappa shape index (κ3) is 2.14. The van der Waals surface area contributed by atoms with Crippen LogP contribution in [0, 0.1) is 11.3 Å². The smallest absolute Gasteiger partial charge is 0.226 e. The van der Waals surface area contributed by atoms with Gasteiger partial charge in [-0.25, -0.2) is 0 Å². The summed E-state index contributed by atoms with van der Waals surface area (Å²) in [6, 6.07) is 10.3. The number of amides is 1. The molecule has 1 unspecified atom stereocenters. The van der Waals surface area contributed by atoms with Crippen LogP contribution in [0.15, 0.2) is 36.5 Å². The quantitative estimate of drug-likeness (QED) is 0.805. The van der Waals surface area contributed by atoms with Gasteiger partial charge in [-0.1, -0.05) is 18.2 Å². The first-order valence-electron chi connectivity index (χ1n) is 8.73. The third-order valence-corrected chi connectivity index (χ3v) is 5.73. The first-order chi connectivity index (χ1) is 11.7. The second kappa shape index (κ2) is 5.10.